The van der Waals surface area contributed by atoms with Crippen LogP contribution in [0.4, 0.5) is 0 Å². The molecule has 0 aliphatic carbocycles. The average Bonchev–Trinajstić information content (AvgIpc) is 2.34. The largest absolute Gasteiger partial charge is 0.380 e. The van der Waals surface area contributed by atoms with Crippen LogP contribution in [0.15, 0.2) is 18.3 Å². The van der Waals surface area contributed by atoms with Gasteiger partial charge in [-0.25, -0.2) is 0 Å². The highest BCUT2D eigenvalue weighted by Gasteiger charge is 2.04. The summed E-state index contributed by atoms with van der Waals surface area (Å²) >= 11 is 0. The molecule has 1 aromatic rings. The highest BCUT2D eigenvalue weighted by atomic mass is 16.5. The molecule has 0 radical (unpaired) electrons. The SMILES string of the molecule is Cc1ccc(C(=O)NCCCOCCN)cn1. The Morgan fingerprint density at radius 2 is 2.29 bits per heavy atom. The lowest BCUT2D eigenvalue weighted by Crippen LogP contribution is -2.25. The van der Waals surface area contributed by atoms with Crippen molar-refractivity contribution < 1.29 is 9.53 Å². The predicted octanol–water partition coefficient (Wildman–Crippen LogP) is 0.485. The molecule has 5 heteroatoms. The van der Waals surface area contributed by atoms with Crippen molar-refractivity contribution in [3.8, 4) is 0 Å². The molecule has 0 aliphatic rings. The molecule has 0 spiro atoms. The van der Waals surface area contributed by atoms with Gasteiger partial charge in [-0.2, -0.15) is 0 Å². The highest BCUT2D eigenvalue weighted by molar-refractivity contribution is 5.93. The summed E-state index contributed by atoms with van der Waals surface area (Å²) in [5.41, 5.74) is 6.76. The van der Waals surface area contributed by atoms with E-state index < -0.39 is 0 Å². The van der Waals surface area contributed by atoms with Gasteiger partial charge in [-0.15, -0.1) is 0 Å². The number of hydrogen-bond acceptors (Lipinski definition) is 4. The quantitative estimate of drug-likeness (QED) is 0.676. The zero-order valence-electron chi connectivity index (χ0n) is 10.1. The monoisotopic (exact) mass is 237 g/mol. The first-order chi connectivity index (χ1) is 8.24. The molecule has 94 valence electrons. The van der Waals surface area contributed by atoms with Gasteiger partial charge >= 0.3 is 0 Å². The average molecular weight is 237 g/mol. The van der Waals surface area contributed by atoms with Crippen LogP contribution >= 0.6 is 0 Å². The third-order valence-electron chi connectivity index (χ3n) is 2.19. The molecule has 0 saturated carbocycles. The standard InChI is InChI=1S/C12H19N3O2/c1-10-3-4-11(9-15-10)12(16)14-6-2-7-17-8-5-13/h3-4,9H,2,5-8,13H2,1H3,(H,14,16). The van der Waals surface area contributed by atoms with Crippen molar-refractivity contribution in [2.45, 2.75) is 13.3 Å². The van der Waals surface area contributed by atoms with E-state index in [0.29, 0.717) is 31.9 Å². The number of amides is 1. The van der Waals surface area contributed by atoms with Gasteiger partial charge in [0.05, 0.1) is 12.2 Å². The number of nitrogens with one attached hydrogen (secondary N) is 1. The minimum absolute atomic E-state index is 0.101. The highest BCUT2D eigenvalue weighted by Crippen LogP contribution is 1.98. The van der Waals surface area contributed by atoms with E-state index in [2.05, 4.69) is 10.3 Å². The Labute approximate surface area is 101 Å². The molecule has 1 heterocycles. The first kappa shape index (κ1) is 13.6. The second kappa shape index (κ2) is 7.76. The third kappa shape index (κ3) is 5.42. The molecule has 1 aromatic heterocycles. The Morgan fingerprint density at radius 1 is 1.47 bits per heavy atom. The number of ether oxygens (including phenoxy) is 1. The maximum Gasteiger partial charge on any atom is 0.252 e. The Kier molecular flexibility index (Phi) is 6.21. The lowest BCUT2D eigenvalue weighted by Gasteiger charge is -2.05. The van der Waals surface area contributed by atoms with E-state index >= 15 is 0 Å². The molecule has 0 unspecified atom stereocenters. The fourth-order valence-electron chi connectivity index (χ4n) is 1.27. The van der Waals surface area contributed by atoms with Gasteiger partial charge in [0.25, 0.3) is 5.91 Å². The van der Waals surface area contributed by atoms with Crippen LogP contribution in [-0.2, 0) is 4.74 Å². The molecule has 1 amide bonds. The van der Waals surface area contributed by atoms with Crippen molar-refractivity contribution >= 4 is 5.91 Å². The molecule has 0 saturated heterocycles. The van der Waals surface area contributed by atoms with Crippen molar-refractivity contribution in [3.63, 3.8) is 0 Å². The van der Waals surface area contributed by atoms with Crippen molar-refractivity contribution in [1.29, 1.82) is 0 Å². The molecule has 5 nitrogen and oxygen atoms in total. The van der Waals surface area contributed by atoms with Crippen molar-refractivity contribution in [3.05, 3.63) is 29.6 Å². The summed E-state index contributed by atoms with van der Waals surface area (Å²) in [4.78, 5) is 15.7. The zero-order valence-corrected chi connectivity index (χ0v) is 10.1. The topological polar surface area (TPSA) is 77.2 Å². The van der Waals surface area contributed by atoms with E-state index in [0.717, 1.165) is 12.1 Å². The van der Waals surface area contributed by atoms with Crippen LogP contribution in [0.2, 0.25) is 0 Å². The summed E-state index contributed by atoms with van der Waals surface area (Å²) in [5, 5.41) is 2.81. The van der Waals surface area contributed by atoms with Crippen LogP contribution in [0.1, 0.15) is 22.5 Å². The van der Waals surface area contributed by atoms with Gasteiger partial charge in [0.15, 0.2) is 0 Å². The molecule has 1 rings (SSSR count). The number of nitrogens with zero attached hydrogens (tertiary/aromatic N) is 1. The molecule has 0 aromatic carbocycles. The number of carbonyl (C=O) groups excluding carboxylic acids is 1. The van der Waals surface area contributed by atoms with Crippen LogP contribution < -0.4 is 11.1 Å². The molecular formula is C12H19N3O2. The van der Waals surface area contributed by atoms with Crippen molar-refractivity contribution in [2.75, 3.05) is 26.3 Å². The van der Waals surface area contributed by atoms with Crippen LogP contribution in [0.25, 0.3) is 0 Å². The molecule has 17 heavy (non-hydrogen) atoms. The van der Waals surface area contributed by atoms with Gasteiger partial charge in [-0.3, -0.25) is 9.78 Å². The minimum Gasteiger partial charge on any atom is -0.380 e. The molecular weight excluding hydrogens is 218 g/mol. The fraction of sp³-hybridized carbons (Fsp3) is 0.500. The van der Waals surface area contributed by atoms with E-state index in [-0.39, 0.29) is 5.91 Å². The van der Waals surface area contributed by atoms with Crippen LogP contribution in [0.5, 0.6) is 0 Å². The summed E-state index contributed by atoms with van der Waals surface area (Å²) in [7, 11) is 0. The summed E-state index contributed by atoms with van der Waals surface area (Å²) < 4.78 is 5.20. The molecule has 3 N–H and O–H groups in total. The van der Waals surface area contributed by atoms with E-state index in [1.807, 2.05) is 13.0 Å². The number of pyridine rings is 1. The number of carbonyl (C=O) groups is 1. The second-order valence-corrected chi connectivity index (χ2v) is 3.70. The molecule has 0 aliphatic heterocycles. The lowest BCUT2D eigenvalue weighted by atomic mass is 10.2. The number of aryl methyl sites for hydroxylation is 1. The Bertz CT molecular complexity index is 338. The summed E-state index contributed by atoms with van der Waals surface area (Å²) in [6.45, 7) is 4.19. The molecule has 0 bridgehead atoms. The number of hydrogen-bond donors (Lipinski definition) is 2. The molecule has 0 fully saturated rings. The zero-order chi connectivity index (χ0) is 12.5. The van der Waals surface area contributed by atoms with Crippen LogP contribution in [-0.4, -0.2) is 37.2 Å². The molecule has 0 atom stereocenters. The van der Waals surface area contributed by atoms with Crippen molar-refractivity contribution in [1.82, 2.24) is 10.3 Å². The van der Waals surface area contributed by atoms with Gasteiger partial charge in [0.1, 0.15) is 0 Å². The third-order valence-corrected chi connectivity index (χ3v) is 2.19. The van der Waals surface area contributed by atoms with Crippen LogP contribution in [0, 0.1) is 6.92 Å². The van der Waals surface area contributed by atoms with Crippen molar-refractivity contribution in [2.24, 2.45) is 5.73 Å². The summed E-state index contributed by atoms with van der Waals surface area (Å²) in [5.74, 6) is -0.101. The van der Waals surface area contributed by atoms with E-state index in [1.165, 1.54) is 0 Å². The van der Waals surface area contributed by atoms with Gasteiger partial charge in [0, 0.05) is 31.6 Å². The first-order valence-electron chi connectivity index (χ1n) is 5.72. The van der Waals surface area contributed by atoms with Gasteiger partial charge in [0.2, 0.25) is 0 Å². The summed E-state index contributed by atoms with van der Waals surface area (Å²) in [6.07, 6.45) is 2.36. The Hall–Kier alpha value is -1.46. The van der Waals surface area contributed by atoms with E-state index in [9.17, 15) is 4.79 Å². The second-order valence-electron chi connectivity index (χ2n) is 3.70. The van der Waals surface area contributed by atoms with Gasteiger partial charge in [-0.1, -0.05) is 0 Å². The van der Waals surface area contributed by atoms with Crippen LogP contribution in [0.3, 0.4) is 0 Å². The van der Waals surface area contributed by atoms with Gasteiger partial charge in [-0.05, 0) is 25.5 Å². The lowest BCUT2D eigenvalue weighted by molar-refractivity contribution is 0.0942. The number of aromatic nitrogens is 1. The first-order valence-corrected chi connectivity index (χ1v) is 5.72. The maximum absolute atomic E-state index is 11.6. The smallest absolute Gasteiger partial charge is 0.252 e. The van der Waals surface area contributed by atoms with Gasteiger partial charge < -0.3 is 15.8 Å². The normalized spacial score (nSPS) is 10.2. The Morgan fingerprint density at radius 3 is 2.94 bits per heavy atom. The van der Waals surface area contributed by atoms with E-state index in [1.54, 1.807) is 12.3 Å². The summed E-state index contributed by atoms with van der Waals surface area (Å²) in [6, 6.07) is 3.59. The number of rotatable bonds is 7. The Balaban J connectivity index is 2.19. The predicted molar refractivity (Wildman–Crippen MR) is 65.8 cm³/mol. The maximum atomic E-state index is 11.6. The number of nitrogens with two attached hydrogens (primary N) is 1. The fourth-order valence-corrected chi connectivity index (χ4v) is 1.27. The minimum atomic E-state index is -0.101. The van der Waals surface area contributed by atoms with E-state index in [4.69, 9.17) is 10.5 Å².